The third-order valence-electron chi connectivity index (χ3n) is 2.55. The van der Waals surface area contributed by atoms with Gasteiger partial charge in [-0.25, -0.2) is 0 Å². The lowest BCUT2D eigenvalue weighted by atomic mass is 10.1. The predicted molar refractivity (Wildman–Crippen MR) is 68.6 cm³/mol. The van der Waals surface area contributed by atoms with Crippen LogP contribution in [0, 0.1) is 13.8 Å². The van der Waals surface area contributed by atoms with Crippen LogP contribution in [0.4, 0.5) is 0 Å². The Labute approximate surface area is 107 Å². The zero-order valence-electron chi connectivity index (χ0n) is 9.31. The fourth-order valence-corrected chi connectivity index (χ4v) is 2.61. The lowest BCUT2D eigenvalue weighted by molar-refractivity contribution is 0.897. The van der Waals surface area contributed by atoms with Gasteiger partial charge in [-0.2, -0.15) is 9.61 Å². The zero-order chi connectivity index (χ0) is 12.0. The first-order valence-electron chi connectivity index (χ1n) is 5.10. The van der Waals surface area contributed by atoms with Gasteiger partial charge in [0.05, 0.1) is 0 Å². The zero-order valence-corrected chi connectivity index (χ0v) is 10.9. The van der Waals surface area contributed by atoms with Gasteiger partial charge in [0.1, 0.15) is 5.01 Å². The van der Waals surface area contributed by atoms with Crippen molar-refractivity contribution in [2.75, 3.05) is 0 Å². The molecule has 1 aromatic carbocycles. The summed E-state index contributed by atoms with van der Waals surface area (Å²) in [5.74, 6) is 0.799. The number of rotatable bonds is 1. The van der Waals surface area contributed by atoms with Crippen LogP contribution in [-0.4, -0.2) is 19.8 Å². The second kappa shape index (κ2) is 3.78. The number of benzene rings is 1. The Hall–Kier alpha value is -1.46. The van der Waals surface area contributed by atoms with Gasteiger partial charge in [-0.3, -0.25) is 0 Å². The maximum atomic E-state index is 6.01. The van der Waals surface area contributed by atoms with E-state index < -0.39 is 0 Å². The summed E-state index contributed by atoms with van der Waals surface area (Å²) in [6, 6.07) is 5.89. The topological polar surface area (TPSA) is 43.1 Å². The Balaban J connectivity index is 2.16. The van der Waals surface area contributed by atoms with Crippen LogP contribution >= 0.6 is 22.9 Å². The van der Waals surface area contributed by atoms with E-state index in [0.29, 0.717) is 0 Å². The molecule has 0 saturated heterocycles. The van der Waals surface area contributed by atoms with Crippen LogP contribution in [-0.2, 0) is 0 Å². The second-order valence-corrected chi connectivity index (χ2v) is 5.18. The van der Waals surface area contributed by atoms with E-state index in [0.717, 1.165) is 31.9 Å². The Morgan fingerprint density at radius 1 is 1.24 bits per heavy atom. The highest BCUT2D eigenvalue weighted by Crippen LogP contribution is 2.28. The number of hydrogen-bond acceptors (Lipinski definition) is 4. The van der Waals surface area contributed by atoms with Gasteiger partial charge in [0, 0.05) is 10.6 Å². The van der Waals surface area contributed by atoms with Gasteiger partial charge in [-0.15, -0.1) is 10.2 Å². The third-order valence-corrected chi connectivity index (χ3v) is 3.92. The van der Waals surface area contributed by atoms with Gasteiger partial charge in [0.25, 0.3) is 0 Å². The second-order valence-electron chi connectivity index (χ2n) is 3.81. The molecule has 6 heteroatoms. The summed E-state index contributed by atoms with van der Waals surface area (Å²) in [5, 5.41) is 14.2. The van der Waals surface area contributed by atoms with E-state index in [1.165, 1.54) is 11.3 Å². The maximum Gasteiger partial charge on any atom is 0.234 e. The summed E-state index contributed by atoms with van der Waals surface area (Å²) >= 11 is 7.53. The fourth-order valence-electron chi connectivity index (χ4n) is 1.61. The summed E-state index contributed by atoms with van der Waals surface area (Å²) in [6.45, 7) is 3.87. The van der Waals surface area contributed by atoms with Crippen molar-refractivity contribution >= 4 is 27.9 Å². The van der Waals surface area contributed by atoms with E-state index >= 15 is 0 Å². The molecule has 0 saturated carbocycles. The Morgan fingerprint density at radius 2 is 2.06 bits per heavy atom. The van der Waals surface area contributed by atoms with Crippen molar-refractivity contribution in [2.45, 2.75) is 13.8 Å². The molecule has 0 unspecified atom stereocenters. The summed E-state index contributed by atoms with van der Waals surface area (Å²) in [6.07, 6.45) is 0. The lowest BCUT2D eigenvalue weighted by Gasteiger charge is -1.99. The van der Waals surface area contributed by atoms with Gasteiger partial charge < -0.3 is 0 Å². The van der Waals surface area contributed by atoms with E-state index in [4.69, 9.17) is 11.6 Å². The first-order chi connectivity index (χ1) is 8.15. The molecule has 2 heterocycles. The Kier molecular flexibility index (Phi) is 2.38. The molecule has 0 radical (unpaired) electrons. The maximum absolute atomic E-state index is 6.01. The SMILES string of the molecule is Cc1cc(-c2nn3c(C)nnc3s2)ccc1Cl. The van der Waals surface area contributed by atoms with Gasteiger partial charge in [0.15, 0.2) is 5.82 Å². The molecule has 0 aliphatic carbocycles. The molecule has 86 valence electrons. The highest BCUT2D eigenvalue weighted by Gasteiger charge is 2.10. The molecule has 3 aromatic rings. The number of aryl methyl sites for hydroxylation is 2. The largest absolute Gasteiger partial charge is 0.234 e. The monoisotopic (exact) mass is 264 g/mol. The van der Waals surface area contributed by atoms with Crippen molar-refractivity contribution in [1.29, 1.82) is 0 Å². The molecule has 0 atom stereocenters. The van der Waals surface area contributed by atoms with Gasteiger partial charge in [-0.1, -0.05) is 29.0 Å². The fraction of sp³-hybridized carbons (Fsp3) is 0.182. The molecule has 2 aromatic heterocycles. The first kappa shape index (κ1) is 10.7. The summed E-state index contributed by atoms with van der Waals surface area (Å²) in [5.41, 5.74) is 2.11. The number of nitrogens with zero attached hydrogens (tertiary/aromatic N) is 4. The van der Waals surface area contributed by atoms with Crippen molar-refractivity contribution < 1.29 is 0 Å². The number of aromatic nitrogens is 4. The van der Waals surface area contributed by atoms with Crippen LogP contribution in [0.15, 0.2) is 18.2 Å². The third kappa shape index (κ3) is 1.71. The van der Waals surface area contributed by atoms with Crippen LogP contribution in [0.5, 0.6) is 0 Å². The molecule has 0 spiro atoms. The van der Waals surface area contributed by atoms with E-state index in [1.807, 2.05) is 32.0 Å². The highest BCUT2D eigenvalue weighted by molar-refractivity contribution is 7.19. The molecular weight excluding hydrogens is 256 g/mol. The van der Waals surface area contributed by atoms with Crippen molar-refractivity contribution in [3.05, 3.63) is 34.6 Å². The van der Waals surface area contributed by atoms with Crippen molar-refractivity contribution in [3.8, 4) is 10.6 Å². The van der Waals surface area contributed by atoms with Gasteiger partial charge in [0.2, 0.25) is 4.96 Å². The van der Waals surface area contributed by atoms with Crippen molar-refractivity contribution in [3.63, 3.8) is 0 Å². The molecule has 17 heavy (non-hydrogen) atoms. The molecule has 0 amide bonds. The van der Waals surface area contributed by atoms with Gasteiger partial charge in [-0.05, 0) is 31.5 Å². The Bertz CT molecular complexity index is 701. The molecule has 0 N–H and O–H groups in total. The highest BCUT2D eigenvalue weighted by atomic mass is 35.5. The molecule has 3 rings (SSSR count). The predicted octanol–water partition coefficient (Wildman–Crippen LogP) is 3.12. The molecule has 0 aliphatic heterocycles. The first-order valence-corrected chi connectivity index (χ1v) is 6.30. The molecular formula is C11H9ClN4S. The average molecular weight is 265 g/mol. The number of hydrogen-bond donors (Lipinski definition) is 0. The van der Waals surface area contributed by atoms with Crippen molar-refractivity contribution in [2.24, 2.45) is 0 Å². The average Bonchev–Trinajstić information content (AvgIpc) is 2.86. The van der Waals surface area contributed by atoms with Crippen LogP contribution < -0.4 is 0 Å². The van der Waals surface area contributed by atoms with Crippen LogP contribution in [0.25, 0.3) is 15.5 Å². The molecule has 0 fully saturated rings. The van der Waals surface area contributed by atoms with Crippen LogP contribution in [0.1, 0.15) is 11.4 Å². The molecule has 0 bridgehead atoms. The Morgan fingerprint density at radius 3 is 2.76 bits per heavy atom. The van der Waals surface area contributed by atoms with Crippen LogP contribution in [0.2, 0.25) is 5.02 Å². The lowest BCUT2D eigenvalue weighted by Crippen LogP contribution is -1.88. The quantitative estimate of drug-likeness (QED) is 0.678. The molecule has 0 aliphatic rings. The summed E-state index contributed by atoms with van der Waals surface area (Å²) in [4.78, 5) is 0.810. The minimum absolute atomic E-state index is 0.771. The van der Waals surface area contributed by atoms with Gasteiger partial charge >= 0.3 is 0 Å². The summed E-state index contributed by atoms with van der Waals surface area (Å²) in [7, 11) is 0. The number of fused-ring (bicyclic) bond motifs is 1. The van der Waals surface area contributed by atoms with E-state index in [9.17, 15) is 0 Å². The van der Waals surface area contributed by atoms with E-state index in [-0.39, 0.29) is 0 Å². The van der Waals surface area contributed by atoms with Crippen molar-refractivity contribution in [1.82, 2.24) is 19.8 Å². The minimum Gasteiger partial charge on any atom is -0.187 e. The minimum atomic E-state index is 0.771. The van der Waals surface area contributed by atoms with E-state index in [1.54, 1.807) is 4.52 Å². The van der Waals surface area contributed by atoms with E-state index in [2.05, 4.69) is 15.3 Å². The molecule has 4 nitrogen and oxygen atoms in total. The van der Waals surface area contributed by atoms with Crippen LogP contribution in [0.3, 0.4) is 0 Å². The standard InChI is InChI=1S/C11H9ClN4S/c1-6-5-8(3-4-9(6)12)10-15-16-7(2)13-14-11(16)17-10/h3-5H,1-2H3. The smallest absolute Gasteiger partial charge is 0.187 e. The number of halogens is 1. The summed E-state index contributed by atoms with van der Waals surface area (Å²) < 4.78 is 1.75. The normalized spacial score (nSPS) is 11.2.